The number of unbranched alkanes of at least 4 members (excludes halogenated alkanes) is 1. The molecule has 43 heavy (non-hydrogen) atoms. The molecule has 0 heterocycles. The number of amides is 1. The van der Waals surface area contributed by atoms with Gasteiger partial charge in [0.25, 0.3) is 0 Å². The van der Waals surface area contributed by atoms with Crippen molar-refractivity contribution in [3.05, 3.63) is 34.9 Å². The summed E-state index contributed by atoms with van der Waals surface area (Å²) in [6.07, 6.45) is 17.7. The average molecular weight is 607 g/mol. The summed E-state index contributed by atoms with van der Waals surface area (Å²) in [6, 6.07) is 0. The highest BCUT2D eigenvalue weighted by Crippen LogP contribution is 2.16. The van der Waals surface area contributed by atoms with E-state index in [0.717, 1.165) is 123 Å². The van der Waals surface area contributed by atoms with Crippen LogP contribution in [-0.2, 0) is 4.79 Å². The minimum Gasteiger partial charge on any atom is -0.370 e. The van der Waals surface area contributed by atoms with E-state index in [1.807, 2.05) is 0 Å². The van der Waals surface area contributed by atoms with Gasteiger partial charge in [0.2, 0.25) is 5.91 Å². The van der Waals surface area contributed by atoms with Crippen LogP contribution in [0.3, 0.4) is 0 Å². The molecule has 0 aromatic heterocycles. The summed E-state index contributed by atoms with van der Waals surface area (Å²) in [6.45, 7) is 18.1. The quantitative estimate of drug-likeness (QED) is 0.0412. The largest absolute Gasteiger partial charge is 0.370 e. The lowest BCUT2D eigenvalue weighted by Gasteiger charge is -2.39. The lowest BCUT2D eigenvalue weighted by Crippen LogP contribution is -2.52. The maximum Gasteiger partial charge on any atom is 0.220 e. The molecule has 1 unspecified atom stereocenters. The highest BCUT2D eigenvalue weighted by molar-refractivity contribution is 5.74. The number of carbonyl (C=O) groups is 1. The monoisotopic (exact) mass is 607 g/mol. The van der Waals surface area contributed by atoms with Crippen LogP contribution in [0.15, 0.2) is 34.9 Å². The van der Waals surface area contributed by atoms with Gasteiger partial charge in [-0.3, -0.25) is 14.6 Å². The highest BCUT2D eigenvalue weighted by atomic mass is 16.1. The van der Waals surface area contributed by atoms with E-state index in [2.05, 4.69) is 66.4 Å². The van der Waals surface area contributed by atoms with Gasteiger partial charge in [-0.15, -0.1) is 0 Å². The molecule has 0 bridgehead atoms. The first kappa shape index (κ1) is 41.4. The van der Waals surface area contributed by atoms with Crippen molar-refractivity contribution in [2.24, 2.45) is 22.9 Å². The molecule has 0 rings (SSSR count). The Morgan fingerprint density at radius 3 is 1.67 bits per heavy atom. The van der Waals surface area contributed by atoms with Gasteiger partial charge in [-0.2, -0.15) is 0 Å². The molecular formula is C34H70N8O. The number of rotatable bonds is 30. The second-order valence-electron chi connectivity index (χ2n) is 12.1. The number of primary amides is 1. The van der Waals surface area contributed by atoms with E-state index < -0.39 is 0 Å². The molecule has 1 amide bonds. The molecule has 252 valence electrons. The van der Waals surface area contributed by atoms with E-state index in [0.29, 0.717) is 19.5 Å². The molecule has 0 fully saturated rings. The van der Waals surface area contributed by atoms with Crippen molar-refractivity contribution in [2.45, 2.75) is 104 Å². The van der Waals surface area contributed by atoms with Gasteiger partial charge >= 0.3 is 0 Å². The van der Waals surface area contributed by atoms with Gasteiger partial charge in [-0.05, 0) is 138 Å². The van der Waals surface area contributed by atoms with Crippen LogP contribution in [-0.4, -0.2) is 93.9 Å². The summed E-state index contributed by atoms with van der Waals surface area (Å²) in [5, 5.41) is 7.05. The van der Waals surface area contributed by atoms with Gasteiger partial charge in [-0.25, -0.2) is 0 Å². The van der Waals surface area contributed by atoms with Crippen LogP contribution in [0, 0.1) is 0 Å². The van der Waals surface area contributed by atoms with Gasteiger partial charge in [0, 0.05) is 26.2 Å². The van der Waals surface area contributed by atoms with Crippen molar-refractivity contribution < 1.29 is 4.79 Å². The van der Waals surface area contributed by atoms with Crippen molar-refractivity contribution >= 4 is 5.91 Å². The molecule has 0 aliphatic carbocycles. The van der Waals surface area contributed by atoms with Crippen molar-refractivity contribution in [1.82, 2.24) is 20.4 Å². The summed E-state index contributed by atoms with van der Waals surface area (Å²) in [7, 11) is 0. The van der Waals surface area contributed by atoms with E-state index in [9.17, 15) is 4.79 Å². The number of nitrogens with two attached hydrogens (primary N) is 4. The third-order valence-electron chi connectivity index (χ3n) is 7.64. The number of allylic oxidation sites excluding steroid dienone is 5. The molecule has 0 radical (unpaired) electrons. The minimum absolute atomic E-state index is 0.0588. The molecule has 0 saturated carbocycles. The molecule has 0 saturated heterocycles. The van der Waals surface area contributed by atoms with Crippen LogP contribution < -0.4 is 33.6 Å². The highest BCUT2D eigenvalue weighted by Gasteiger charge is 2.26. The molecule has 1 atom stereocenters. The Hall–Kier alpha value is -1.59. The van der Waals surface area contributed by atoms with Crippen LogP contribution in [0.25, 0.3) is 0 Å². The van der Waals surface area contributed by atoms with Crippen LogP contribution in [0.4, 0.5) is 0 Å². The number of hydrogen-bond acceptors (Lipinski definition) is 8. The summed E-state index contributed by atoms with van der Waals surface area (Å²) in [4.78, 5) is 17.1. The van der Waals surface area contributed by atoms with Crippen LogP contribution in [0.5, 0.6) is 0 Å². The first-order valence-corrected chi connectivity index (χ1v) is 17.0. The van der Waals surface area contributed by atoms with Gasteiger partial charge < -0.3 is 33.6 Å². The predicted molar refractivity (Wildman–Crippen MR) is 187 cm³/mol. The Balaban J connectivity index is 5.26. The Bertz CT molecular complexity index is 755. The van der Waals surface area contributed by atoms with Crippen LogP contribution in [0.1, 0.15) is 98.3 Å². The van der Waals surface area contributed by atoms with Crippen molar-refractivity contribution in [1.29, 1.82) is 0 Å². The molecule has 10 N–H and O–H groups in total. The fourth-order valence-electron chi connectivity index (χ4n) is 5.03. The Morgan fingerprint density at radius 1 is 0.651 bits per heavy atom. The summed E-state index contributed by atoms with van der Waals surface area (Å²) >= 11 is 0. The standard InChI is InChI=1S/C34H70N8O/c1-30(2)13-7-14-31(3)15-8-16-32(4)17-28-42(27-12-24-40-22-6-5-21-39-23-9-18-35)34(29-33(38)43)41(25-10-19-36)26-11-20-37/h13,15,17,34,39-40H,5-12,14,16,18-29,35-37H2,1-4H3,(H2,38,43). The zero-order valence-corrected chi connectivity index (χ0v) is 28.5. The number of hydrogen-bond donors (Lipinski definition) is 6. The Morgan fingerprint density at radius 2 is 1.14 bits per heavy atom. The number of nitrogens with one attached hydrogen (secondary N) is 2. The van der Waals surface area contributed by atoms with E-state index in [4.69, 9.17) is 22.9 Å². The molecule has 0 aliphatic rings. The molecule has 0 spiro atoms. The van der Waals surface area contributed by atoms with Gasteiger partial charge in [0.1, 0.15) is 0 Å². The molecular weight excluding hydrogens is 536 g/mol. The van der Waals surface area contributed by atoms with Crippen molar-refractivity contribution in [3.63, 3.8) is 0 Å². The summed E-state index contributed by atoms with van der Waals surface area (Å²) < 4.78 is 0. The van der Waals surface area contributed by atoms with E-state index in [-0.39, 0.29) is 12.1 Å². The zero-order valence-electron chi connectivity index (χ0n) is 28.5. The summed E-state index contributed by atoms with van der Waals surface area (Å²) in [5.74, 6) is -0.270. The van der Waals surface area contributed by atoms with Gasteiger partial charge in [-0.1, -0.05) is 34.9 Å². The lowest BCUT2D eigenvalue weighted by molar-refractivity contribution is -0.121. The molecule has 0 aromatic rings. The fraction of sp³-hybridized carbons (Fsp3) is 0.794. The van der Waals surface area contributed by atoms with Crippen molar-refractivity contribution in [2.75, 3.05) is 72.0 Å². The third kappa shape index (κ3) is 25.4. The van der Waals surface area contributed by atoms with E-state index in [1.165, 1.54) is 16.7 Å². The molecule has 0 aromatic carbocycles. The van der Waals surface area contributed by atoms with Gasteiger partial charge in [0.15, 0.2) is 0 Å². The second kappa shape index (κ2) is 29.1. The lowest BCUT2D eigenvalue weighted by atomic mass is 10.1. The fourth-order valence-corrected chi connectivity index (χ4v) is 5.03. The Labute approximate surface area is 265 Å². The first-order valence-electron chi connectivity index (χ1n) is 17.0. The molecule has 9 nitrogen and oxygen atoms in total. The number of carbonyl (C=O) groups excluding carboxylic acids is 1. The van der Waals surface area contributed by atoms with Gasteiger partial charge in [0.05, 0.1) is 12.6 Å². The molecule has 0 aliphatic heterocycles. The molecule has 9 heteroatoms. The van der Waals surface area contributed by atoms with Crippen LogP contribution >= 0.6 is 0 Å². The second-order valence-corrected chi connectivity index (χ2v) is 12.1. The Kier molecular flexibility index (Phi) is 28.1. The maximum atomic E-state index is 12.3. The first-order chi connectivity index (χ1) is 20.7. The smallest absolute Gasteiger partial charge is 0.220 e. The average Bonchev–Trinajstić information content (AvgIpc) is 2.96. The predicted octanol–water partition coefficient (Wildman–Crippen LogP) is 3.61. The van der Waals surface area contributed by atoms with E-state index >= 15 is 0 Å². The minimum atomic E-state index is -0.270. The van der Waals surface area contributed by atoms with Crippen LogP contribution in [0.2, 0.25) is 0 Å². The number of nitrogens with zero attached hydrogens (tertiary/aromatic N) is 2. The topological polar surface area (TPSA) is 152 Å². The SMILES string of the molecule is CC(C)=CCCC(C)=CCCC(C)=CCN(CCCNCCCCNCCCN)C(CC(N)=O)N(CCCN)CCCN. The van der Waals surface area contributed by atoms with E-state index in [1.54, 1.807) is 0 Å². The normalized spacial score (nSPS) is 13.2. The van der Waals surface area contributed by atoms with Crippen molar-refractivity contribution in [3.8, 4) is 0 Å². The summed E-state index contributed by atoms with van der Waals surface area (Å²) in [5.41, 5.74) is 27.3. The maximum absolute atomic E-state index is 12.3. The third-order valence-corrected chi connectivity index (χ3v) is 7.64. The zero-order chi connectivity index (χ0) is 32.1.